The van der Waals surface area contributed by atoms with Crippen LogP contribution < -0.4 is 5.32 Å². The molecule has 0 amide bonds. The van der Waals surface area contributed by atoms with Gasteiger partial charge in [0.2, 0.25) is 0 Å². The highest BCUT2D eigenvalue weighted by Gasteiger charge is 2.23. The van der Waals surface area contributed by atoms with Gasteiger partial charge in [0, 0.05) is 29.6 Å². The summed E-state index contributed by atoms with van der Waals surface area (Å²) in [5.41, 5.74) is 2.81. The molecule has 0 aromatic heterocycles. The molecule has 1 aromatic rings. The summed E-state index contributed by atoms with van der Waals surface area (Å²) in [4.78, 5) is 2.63. The molecule has 2 aliphatic rings. The first-order chi connectivity index (χ1) is 10.1. The van der Waals surface area contributed by atoms with Gasteiger partial charge in [0.05, 0.1) is 0 Å². The number of nitrogens with zero attached hydrogens (tertiary/aromatic N) is 1. The molecule has 1 aliphatic heterocycles. The Morgan fingerprint density at radius 3 is 2.71 bits per heavy atom. The van der Waals surface area contributed by atoms with Crippen LogP contribution >= 0.6 is 15.9 Å². The van der Waals surface area contributed by atoms with E-state index in [2.05, 4.69) is 58.2 Å². The number of hydrogen-bond donors (Lipinski definition) is 1. The molecule has 0 bridgehead atoms. The van der Waals surface area contributed by atoms with Crippen molar-refractivity contribution in [2.45, 2.75) is 64.7 Å². The molecule has 1 aliphatic carbocycles. The van der Waals surface area contributed by atoms with Gasteiger partial charge in [-0.05, 0) is 62.3 Å². The van der Waals surface area contributed by atoms with Crippen LogP contribution in [-0.4, -0.2) is 23.5 Å². The van der Waals surface area contributed by atoms with E-state index in [4.69, 9.17) is 0 Å². The van der Waals surface area contributed by atoms with Crippen molar-refractivity contribution in [2.24, 2.45) is 5.92 Å². The summed E-state index contributed by atoms with van der Waals surface area (Å²) in [5, 5.41) is 3.58. The van der Waals surface area contributed by atoms with Gasteiger partial charge in [0.25, 0.3) is 0 Å². The van der Waals surface area contributed by atoms with E-state index in [9.17, 15) is 0 Å². The minimum Gasteiger partial charge on any atom is -0.310 e. The van der Waals surface area contributed by atoms with Gasteiger partial charge in [0.15, 0.2) is 0 Å². The predicted octanol–water partition coefficient (Wildman–Crippen LogP) is 4.32. The molecule has 116 valence electrons. The standard InChI is InChI=1S/C18H27BrN2/c1-13-7-8-21(14(2)9-13)12-16-4-3-15(10-18(16)19)11-20-17-5-6-17/h3-4,10,13-14,17,20H,5-9,11-12H2,1-2H3. The molecule has 21 heavy (non-hydrogen) atoms. The van der Waals surface area contributed by atoms with Gasteiger partial charge in [-0.2, -0.15) is 0 Å². The zero-order valence-electron chi connectivity index (χ0n) is 13.2. The molecule has 1 saturated carbocycles. The molecule has 1 N–H and O–H groups in total. The fourth-order valence-corrected chi connectivity index (χ4v) is 3.84. The molecular weight excluding hydrogens is 324 g/mol. The van der Waals surface area contributed by atoms with Gasteiger partial charge >= 0.3 is 0 Å². The van der Waals surface area contributed by atoms with E-state index in [1.54, 1.807) is 0 Å². The van der Waals surface area contributed by atoms with E-state index >= 15 is 0 Å². The Kier molecular flexibility index (Phi) is 5.03. The van der Waals surface area contributed by atoms with Gasteiger partial charge in [-0.15, -0.1) is 0 Å². The second-order valence-electron chi connectivity index (χ2n) is 7.03. The maximum absolute atomic E-state index is 3.77. The molecular formula is C18H27BrN2. The Hall–Kier alpha value is -0.380. The highest BCUT2D eigenvalue weighted by Crippen LogP contribution is 2.27. The highest BCUT2D eigenvalue weighted by molar-refractivity contribution is 9.10. The lowest BCUT2D eigenvalue weighted by Crippen LogP contribution is -2.39. The Morgan fingerprint density at radius 2 is 2.05 bits per heavy atom. The molecule has 1 aromatic carbocycles. The molecule has 2 nitrogen and oxygen atoms in total. The largest absolute Gasteiger partial charge is 0.310 e. The van der Waals surface area contributed by atoms with Crippen molar-refractivity contribution in [1.82, 2.24) is 10.2 Å². The van der Waals surface area contributed by atoms with Crippen LogP contribution in [0.3, 0.4) is 0 Å². The lowest BCUT2D eigenvalue weighted by molar-refractivity contribution is 0.122. The monoisotopic (exact) mass is 350 g/mol. The molecule has 2 atom stereocenters. The summed E-state index contributed by atoms with van der Waals surface area (Å²) < 4.78 is 1.27. The number of nitrogens with one attached hydrogen (secondary N) is 1. The van der Waals surface area contributed by atoms with E-state index in [0.29, 0.717) is 6.04 Å². The molecule has 0 radical (unpaired) electrons. The second-order valence-corrected chi connectivity index (χ2v) is 7.88. The zero-order chi connectivity index (χ0) is 14.8. The summed E-state index contributed by atoms with van der Waals surface area (Å²) in [6.45, 7) is 8.06. The van der Waals surface area contributed by atoms with Gasteiger partial charge in [-0.3, -0.25) is 4.90 Å². The molecule has 1 heterocycles. The minimum atomic E-state index is 0.705. The summed E-state index contributed by atoms with van der Waals surface area (Å²) in [6, 6.07) is 8.37. The molecule has 1 saturated heterocycles. The number of rotatable bonds is 5. The van der Waals surface area contributed by atoms with Crippen molar-refractivity contribution in [3.8, 4) is 0 Å². The van der Waals surface area contributed by atoms with Crippen LogP contribution in [0.4, 0.5) is 0 Å². The third kappa shape index (κ3) is 4.30. The lowest BCUT2D eigenvalue weighted by atomic mass is 9.93. The molecule has 2 unspecified atom stereocenters. The SMILES string of the molecule is CC1CCN(Cc2ccc(CNC3CC3)cc2Br)C(C)C1. The van der Waals surface area contributed by atoms with Crippen LogP contribution in [0.15, 0.2) is 22.7 Å². The number of piperidine rings is 1. The summed E-state index contributed by atoms with van der Waals surface area (Å²) >= 11 is 3.77. The first-order valence-electron chi connectivity index (χ1n) is 8.36. The summed E-state index contributed by atoms with van der Waals surface area (Å²) in [6.07, 6.45) is 5.38. The number of likely N-dealkylation sites (tertiary alicyclic amines) is 1. The average Bonchev–Trinajstić information content (AvgIpc) is 3.26. The topological polar surface area (TPSA) is 15.3 Å². The van der Waals surface area contributed by atoms with Crippen molar-refractivity contribution < 1.29 is 0 Å². The van der Waals surface area contributed by atoms with Crippen LogP contribution in [0, 0.1) is 5.92 Å². The van der Waals surface area contributed by atoms with Crippen LogP contribution in [0.2, 0.25) is 0 Å². The van der Waals surface area contributed by atoms with Crippen molar-refractivity contribution in [1.29, 1.82) is 0 Å². The highest BCUT2D eigenvalue weighted by atomic mass is 79.9. The fraction of sp³-hybridized carbons (Fsp3) is 0.667. The van der Waals surface area contributed by atoms with Crippen LogP contribution in [0.25, 0.3) is 0 Å². The van der Waals surface area contributed by atoms with Gasteiger partial charge in [-0.1, -0.05) is 35.0 Å². The Morgan fingerprint density at radius 1 is 1.24 bits per heavy atom. The Balaban J connectivity index is 1.59. The van der Waals surface area contributed by atoms with E-state index in [1.165, 1.54) is 47.8 Å². The van der Waals surface area contributed by atoms with Gasteiger partial charge in [-0.25, -0.2) is 0 Å². The number of halogens is 1. The van der Waals surface area contributed by atoms with Crippen molar-refractivity contribution in [3.05, 3.63) is 33.8 Å². The smallest absolute Gasteiger partial charge is 0.0247 e. The first kappa shape index (κ1) is 15.5. The molecule has 3 rings (SSSR count). The minimum absolute atomic E-state index is 0.705. The summed E-state index contributed by atoms with van der Waals surface area (Å²) in [7, 11) is 0. The lowest BCUT2D eigenvalue weighted by Gasteiger charge is -2.36. The normalized spacial score (nSPS) is 27.0. The number of hydrogen-bond acceptors (Lipinski definition) is 2. The first-order valence-corrected chi connectivity index (χ1v) is 9.16. The summed E-state index contributed by atoms with van der Waals surface area (Å²) in [5.74, 6) is 0.885. The van der Waals surface area contributed by atoms with Gasteiger partial charge < -0.3 is 5.32 Å². The number of benzene rings is 1. The predicted molar refractivity (Wildman–Crippen MR) is 92.3 cm³/mol. The van der Waals surface area contributed by atoms with Crippen molar-refractivity contribution >= 4 is 15.9 Å². The Labute approximate surface area is 137 Å². The van der Waals surface area contributed by atoms with E-state index < -0.39 is 0 Å². The van der Waals surface area contributed by atoms with Crippen LogP contribution in [0.1, 0.15) is 50.7 Å². The third-order valence-electron chi connectivity index (χ3n) is 4.94. The van der Waals surface area contributed by atoms with Gasteiger partial charge in [0.1, 0.15) is 0 Å². The van der Waals surface area contributed by atoms with Crippen molar-refractivity contribution in [3.63, 3.8) is 0 Å². The quantitative estimate of drug-likeness (QED) is 0.850. The second kappa shape index (κ2) is 6.80. The van der Waals surface area contributed by atoms with Crippen molar-refractivity contribution in [2.75, 3.05) is 6.54 Å². The zero-order valence-corrected chi connectivity index (χ0v) is 14.8. The maximum Gasteiger partial charge on any atom is 0.0247 e. The van der Waals surface area contributed by atoms with Crippen LogP contribution in [0.5, 0.6) is 0 Å². The maximum atomic E-state index is 3.77. The van der Waals surface area contributed by atoms with E-state index in [1.807, 2.05) is 0 Å². The Bertz CT molecular complexity index is 484. The third-order valence-corrected chi connectivity index (χ3v) is 5.68. The molecule has 0 spiro atoms. The molecule has 3 heteroatoms. The average molecular weight is 351 g/mol. The molecule has 2 fully saturated rings. The fourth-order valence-electron chi connectivity index (χ4n) is 3.29. The van der Waals surface area contributed by atoms with E-state index in [-0.39, 0.29) is 0 Å². The van der Waals surface area contributed by atoms with Crippen LogP contribution in [-0.2, 0) is 13.1 Å². The van der Waals surface area contributed by atoms with E-state index in [0.717, 1.165) is 25.0 Å².